The maximum absolute atomic E-state index is 12.5. The molecule has 0 atom stereocenters. The van der Waals surface area contributed by atoms with Crippen molar-refractivity contribution in [2.75, 3.05) is 6.54 Å². The summed E-state index contributed by atoms with van der Waals surface area (Å²) in [6, 6.07) is 7.63. The van der Waals surface area contributed by atoms with Gasteiger partial charge in [0.15, 0.2) is 0 Å². The number of nitrogens with zero attached hydrogens (tertiary/aromatic N) is 3. The molecule has 3 rings (SSSR count). The van der Waals surface area contributed by atoms with E-state index < -0.39 is 10.0 Å². The molecule has 0 amide bonds. The van der Waals surface area contributed by atoms with E-state index in [9.17, 15) is 8.42 Å². The van der Waals surface area contributed by atoms with Gasteiger partial charge in [0.25, 0.3) is 0 Å². The predicted molar refractivity (Wildman–Crippen MR) is 76.4 cm³/mol. The van der Waals surface area contributed by atoms with Gasteiger partial charge < -0.3 is 4.57 Å². The van der Waals surface area contributed by atoms with Crippen LogP contribution in [0.25, 0.3) is 0 Å². The summed E-state index contributed by atoms with van der Waals surface area (Å²) in [6.07, 6.45) is 3.60. The van der Waals surface area contributed by atoms with Gasteiger partial charge in [-0.05, 0) is 12.5 Å². The number of hydrogen-bond donors (Lipinski definition) is 0. The lowest BCUT2D eigenvalue weighted by Crippen LogP contribution is -2.38. The molecule has 6 heteroatoms. The van der Waals surface area contributed by atoms with Gasteiger partial charge in [-0.25, -0.2) is 13.4 Å². The molecule has 0 spiro atoms. The highest BCUT2D eigenvalue weighted by Crippen LogP contribution is 2.18. The van der Waals surface area contributed by atoms with Crippen molar-refractivity contribution >= 4 is 10.0 Å². The summed E-state index contributed by atoms with van der Waals surface area (Å²) in [7, 11) is -3.29. The predicted octanol–water partition coefficient (Wildman–Crippen LogP) is 1.54. The standard InChI is InChI=1S/C14H17N3O2S/c1-12-3-2-4-13(9-12)11-20(18,19)17-8-7-16-6-5-15-14(16)10-17/h2-6,9H,7-8,10-11H2,1H3. The zero-order valence-corrected chi connectivity index (χ0v) is 12.2. The minimum absolute atomic E-state index is 0.0510. The monoisotopic (exact) mass is 291 g/mol. The topological polar surface area (TPSA) is 55.2 Å². The Morgan fingerprint density at radius 2 is 2.15 bits per heavy atom. The molecule has 0 fully saturated rings. The molecule has 0 saturated heterocycles. The molecule has 2 aromatic rings. The van der Waals surface area contributed by atoms with Gasteiger partial charge in [-0.3, -0.25) is 0 Å². The van der Waals surface area contributed by atoms with Gasteiger partial charge in [-0.2, -0.15) is 4.31 Å². The van der Waals surface area contributed by atoms with Crippen LogP contribution in [0.2, 0.25) is 0 Å². The Kier molecular flexibility index (Phi) is 3.35. The minimum Gasteiger partial charge on any atom is -0.333 e. The van der Waals surface area contributed by atoms with Gasteiger partial charge in [-0.1, -0.05) is 29.8 Å². The lowest BCUT2D eigenvalue weighted by molar-refractivity contribution is 0.335. The van der Waals surface area contributed by atoms with Crippen LogP contribution in [0.3, 0.4) is 0 Å². The van der Waals surface area contributed by atoms with E-state index in [1.54, 1.807) is 6.20 Å². The number of aryl methyl sites for hydroxylation is 1. The summed E-state index contributed by atoms with van der Waals surface area (Å²) in [5.41, 5.74) is 1.91. The number of benzene rings is 1. The van der Waals surface area contributed by atoms with Gasteiger partial charge >= 0.3 is 0 Å². The van der Waals surface area contributed by atoms with Crippen LogP contribution in [0, 0.1) is 6.92 Å². The average Bonchev–Trinajstić information content (AvgIpc) is 2.85. The molecule has 20 heavy (non-hydrogen) atoms. The van der Waals surface area contributed by atoms with Gasteiger partial charge in [0, 0.05) is 25.5 Å². The molecule has 0 N–H and O–H groups in total. The highest BCUT2D eigenvalue weighted by Gasteiger charge is 2.27. The Hall–Kier alpha value is -1.66. The fraction of sp³-hybridized carbons (Fsp3) is 0.357. The molecule has 0 radical (unpaired) electrons. The van der Waals surface area contributed by atoms with Crippen LogP contribution in [-0.2, 0) is 28.9 Å². The molecule has 0 bridgehead atoms. The van der Waals surface area contributed by atoms with Gasteiger partial charge in [0.1, 0.15) is 5.82 Å². The van der Waals surface area contributed by atoms with Crippen LogP contribution in [0.1, 0.15) is 17.0 Å². The Balaban J connectivity index is 1.79. The van der Waals surface area contributed by atoms with Crippen LogP contribution in [0.5, 0.6) is 0 Å². The first kappa shape index (κ1) is 13.3. The molecule has 5 nitrogen and oxygen atoms in total. The van der Waals surface area contributed by atoms with Crippen LogP contribution < -0.4 is 0 Å². The fourth-order valence-corrected chi connectivity index (χ4v) is 3.95. The lowest BCUT2D eigenvalue weighted by atomic mass is 10.2. The van der Waals surface area contributed by atoms with E-state index >= 15 is 0 Å². The summed E-state index contributed by atoms with van der Waals surface area (Å²) < 4.78 is 28.5. The van der Waals surface area contributed by atoms with E-state index in [1.165, 1.54) is 4.31 Å². The Labute approximate surface area is 118 Å². The molecular weight excluding hydrogens is 274 g/mol. The van der Waals surface area contributed by atoms with Crippen molar-refractivity contribution in [1.29, 1.82) is 0 Å². The third-order valence-corrected chi connectivity index (χ3v) is 5.33. The number of aromatic nitrogens is 2. The van der Waals surface area contributed by atoms with Crippen molar-refractivity contribution in [3.8, 4) is 0 Å². The first-order valence-corrected chi connectivity index (χ1v) is 8.19. The van der Waals surface area contributed by atoms with E-state index in [1.807, 2.05) is 42.0 Å². The quantitative estimate of drug-likeness (QED) is 0.862. The fourth-order valence-electron chi connectivity index (χ4n) is 2.49. The van der Waals surface area contributed by atoms with Crippen molar-refractivity contribution in [3.05, 3.63) is 53.6 Å². The maximum Gasteiger partial charge on any atom is 0.218 e. The Bertz CT molecular complexity index is 722. The second-order valence-electron chi connectivity index (χ2n) is 5.12. The van der Waals surface area contributed by atoms with Crippen molar-refractivity contribution in [3.63, 3.8) is 0 Å². The van der Waals surface area contributed by atoms with Crippen LogP contribution in [-0.4, -0.2) is 28.8 Å². The highest BCUT2D eigenvalue weighted by atomic mass is 32.2. The first-order valence-electron chi connectivity index (χ1n) is 6.58. The van der Waals surface area contributed by atoms with Gasteiger partial charge in [0.05, 0.1) is 12.3 Å². The molecular formula is C14H17N3O2S. The van der Waals surface area contributed by atoms with Crippen molar-refractivity contribution in [1.82, 2.24) is 13.9 Å². The van der Waals surface area contributed by atoms with E-state index in [0.29, 0.717) is 19.6 Å². The lowest BCUT2D eigenvalue weighted by Gasteiger charge is -2.27. The number of fused-ring (bicyclic) bond motifs is 1. The van der Waals surface area contributed by atoms with Crippen LogP contribution in [0.4, 0.5) is 0 Å². The number of hydrogen-bond acceptors (Lipinski definition) is 3. The third-order valence-electron chi connectivity index (χ3n) is 3.53. The molecule has 0 saturated carbocycles. The average molecular weight is 291 g/mol. The number of imidazole rings is 1. The van der Waals surface area contributed by atoms with Gasteiger partial charge in [0.2, 0.25) is 10.0 Å². The van der Waals surface area contributed by atoms with E-state index in [0.717, 1.165) is 17.0 Å². The van der Waals surface area contributed by atoms with Crippen molar-refractivity contribution in [2.45, 2.75) is 25.8 Å². The third kappa shape index (κ3) is 2.62. The second kappa shape index (κ2) is 5.03. The van der Waals surface area contributed by atoms with Crippen molar-refractivity contribution in [2.24, 2.45) is 0 Å². The molecule has 1 aliphatic rings. The summed E-state index contributed by atoms with van der Waals surface area (Å²) in [4.78, 5) is 4.20. The highest BCUT2D eigenvalue weighted by molar-refractivity contribution is 7.88. The van der Waals surface area contributed by atoms with E-state index in [4.69, 9.17) is 0 Å². The molecule has 1 aromatic heterocycles. The zero-order valence-electron chi connectivity index (χ0n) is 11.4. The van der Waals surface area contributed by atoms with Gasteiger partial charge in [-0.15, -0.1) is 0 Å². The molecule has 1 aliphatic heterocycles. The number of sulfonamides is 1. The smallest absolute Gasteiger partial charge is 0.218 e. The number of rotatable bonds is 3. The Morgan fingerprint density at radius 1 is 1.30 bits per heavy atom. The molecule has 1 aromatic carbocycles. The Morgan fingerprint density at radius 3 is 2.95 bits per heavy atom. The SMILES string of the molecule is Cc1cccc(CS(=O)(=O)N2CCn3ccnc3C2)c1. The van der Waals surface area contributed by atoms with E-state index in [-0.39, 0.29) is 5.75 Å². The zero-order chi connectivity index (χ0) is 14.2. The van der Waals surface area contributed by atoms with E-state index in [2.05, 4.69) is 4.98 Å². The summed E-state index contributed by atoms with van der Waals surface area (Å²) in [5.74, 6) is 0.860. The summed E-state index contributed by atoms with van der Waals surface area (Å²) >= 11 is 0. The second-order valence-corrected chi connectivity index (χ2v) is 7.08. The largest absolute Gasteiger partial charge is 0.333 e. The molecule has 2 heterocycles. The maximum atomic E-state index is 12.5. The molecule has 0 aliphatic carbocycles. The molecule has 0 unspecified atom stereocenters. The van der Waals surface area contributed by atoms with Crippen molar-refractivity contribution < 1.29 is 8.42 Å². The molecule has 106 valence electrons. The summed E-state index contributed by atoms with van der Waals surface area (Å²) in [5, 5.41) is 0. The normalized spacial score (nSPS) is 16.1. The van der Waals surface area contributed by atoms with Crippen LogP contribution >= 0.6 is 0 Å². The first-order chi connectivity index (χ1) is 9.54. The van der Waals surface area contributed by atoms with Crippen LogP contribution in [0.15, 0.2) is 36.7 Å². The summed E-state index contributed by atoms with van der Waals surface area (Å²) in [6.45, 7) is 3.51. The minimum atomic E-state index is -3.29.